The van der Waals surface area contributed by atoms with E-state index in [9.17, 15) is 4.79 Å². The van der Waals surface area contributed by atoms with Crippen molar-refractivity contribution in [2.24, 2.45) is 5.92 Å². The third-order valence-corrected chi connectivity index (χ3v) is 2.76. The number of aliphatic carboxylic acids is 1. The van der Waals surface area contributed by atoms with Crippen molar-refractivity contribution in [3.63, 3.8) is 0 Å². The highest BCUT2D eigenvalue weighted by Crippen LogP contribution is 2.27. The van der Waals surface area contributed by atoms with E-state index in [-0.39, 0.29) is 11.8 Å². The largest absolute Gasteiger partial charge is 0.481 e. The van der Waals surface area contributed by atoms with E-state index < -0.39 is 5.97 Å². The molecule has 0 unspecified atom stereocenters. The van der Waals surface area contributed by atoms with E-state index in [0.717, 1.165) is 12.1 Å². The summed E-state index contributed by atoms with van der Waals surface area (Å²) in [6.45, 7) is 1.34. The molecule has 1 aliphatic heterocycles. The molecule has 0 bridgehead atoms. The zero-order valence-corrected chi connectivity index (χ0v) is 7.81. The number of nitrogens with one attached hydrogen (secondary N) is 1. The zero-order valence-electron chi connectivity index (χ0n) is 7.81. The molecule has 3 nitrogen and oxygen atoms in total. The standard InChI is InChI=1S/C11H13NO2/c13-11(14)10-7-12-6-9(10)8-4-2-1-3-5-8/h1-5,9-10,12H,6-7H2,(H,13,14)/t9-,10-/m1/s1. The molecule has 2 N–H and O–H groups in total. The lowest BCUT2D eigenvalue weighted by Gasteiger charge is -2.14. The SMILES string of the molecule is O=C(O)[C@@H]1CNC[C@@H]1c1ccccc1. The van der Waals surface area contributed by atoms with E-state index in [1.807, 2.05) is 30.3 Å². The normalized spacial score (nSPS) is 26.3. The van der Waals surface area contributed by atoms with Gasteiger partial charge in [0.05, 0.1) is 5.92 Å². The number of carbonyl (C=O) groups is 1. The molecule has 3 heteroatoms. The highest BCUT2D eigenvalue weighted by Gasteiger charge is 2.33. The van der Waals surface area contributed by atoms with Gasteiger partial charge in [0.1, 0.15) is 0 Å². The van der Waals surface area contributed by atoms with Crippen LogP contribution in [0.15, 0.2) is 30.3 Å². The van der Waals surface area contributed by atoms with Crippen LogP contribution in [0.1, 0.15) is 11.5 Å². The number of hydrogen-bond acceptors (Lipinski definition) is 2. The Bertz CT molecular complexity index is 323. The quantitative estimate of drug-likeness (QED) is 0.735. The van der Waals surface area contributed by atoms with Gasteiger partial charge in [-0.1, -0.05) is 30.3 Å². The second-order valence-corrected chi connectivity index (χ2v) is 3.62. The van der Waals surface area contributed by atoms with E-state index in [4.69, 9.17) is 5.11 Å². The van der Waals surface area contributed by atoms with Gasteiger partial charge >= 0.3 is 5.97 Å². The molecule has 0 amide bonds. The topological polar surface area (TPSA) is 49.3 Å². The molecular formula is C11H13NO2. The molecule has 1 heterocycles. The second kappa shape index (κ2) is 3.80. The third kappa shape index (κ3) is 1.63. The predicted molar refractivity (Wildman–Crippen MR) is 53.2 cm³/mol. The van der Waals surface area contributed by atoms with Crippen LogP contribution in [0.4, 0.5) is 0 Å². The van der Waals surface area contributed by atoms with Gasteiger partial charge in [-0.05, 0) is 5.56 Å². The van der Waals surface area contributed by atoms with Crippen molar-refractivity contribution in [2.45, 2.75) is 5.92 Å². The number of carboxylic acid groups (broad SMARTS) is 1. The van der Waals surface area contributed by atoms with E-state index in [2.05, 4.69) is 5.32 Å². The van der Waals surface area contributed by atoms with Crippen LogP contribution in [0.2, 0.25) is 0 Å². The Labute approximate surface area is 82.8 Å². The van der Waals surface area contributed by atoms with Crippen molar-refractivity contribution in [2.75, 3.05) is 13.1 Å². The molecule has 1 aliphatic rings. The Hall–Kier alpha value is -1.35. The highest BCUT2D eigenvalue weighted by atomic mass is 16.4. The molecule has 2 atom stereocenters. The lowest BCUT2D eigenvalue weighted by Crippen LogP contribution is -2.20. The van der Waals surface area contributed by atoms with Crippen LogP contribution in [-0.2, 0) is 4.79 Å². The predicted octanol–water partition coefficient (Wildman–Crippen LogP) is 1.07. The van der Waals surface area contributed by atoms with Crippen LogP contribution in [0.3, 0.4) is 0 Å². The second-order valence-electron chi connectivity index (χ2n) is 3.62. The van der Waals surface area contributed by atoms with E-state index >= 15 is 0 Å². The molecule has 74 valence electrons. The fourth-order valence-corrected chi connectivity index (χ4v) is 1.99. The Morgan fingerprint density at radius 1 is 1.29 bits per heavy atom. The molecule has 0 radical (unpaired) electrons. The summed E-state index contributed by atoms with van der Waals surface area (Å²) in [6, 6.07) is 9.84. The van der Waals surface area contributed by atoms with Crippen LogP contribution in [0.5, 0.6) is 0 Å². The number of carboxylic acids is 1. The summed E-state index contributed by atoms with van der Waals surface area (Å²) in [6.07, 6.45) is 0. The van der Waals surface area contributed by atoms with Gasteiger partial charge < -0.3 is 10.4 Å². The summed E-state index contributed by atoms with van der Waals surface area (Å²) in [7, 11) is 0. The minimum atomic E-state index is -0.705. The molecule has 1 fully saturated rings. The van der Waals surface area contributed by atoms with Crippen molar-refractivity contribution in [1.82, 2.24) is 5.32 Å². The van der Waals surface area contributed by atoms with Crippen LogP contribution >= 0.6 is 0 Å². The Morgan fingerprint density at radius 2 is 2.00 bits per heavy atom. The highest BCUT2D eigenvalue weighted by molar-refractivity contribution is 5.72. The number of rotatable bonds is 2. The monoisotopic (exact) mass is 191 g/mol. The van der Waals surface area contributed by atoms with Crippen LogP contribution in [0, 0.1) is 5.92 Å². The Balaban J connectivity index is 2.22. The van der Waals surface area contributed by atoms with Crippen molar-refractivity contribution >= 4 is 5.97 Å². The molecule has 0 aromatic heterocycles. The van der Waals surface area contributed by atoms with Gasteiger partial charge in [-0.25, -0.2) is 0 Å². The molecule has 14 heavy (non-hydrogen) atoms. The smallest absolute Gasteiger partial charge is 0.308 e. The fourth-order valence-electron chi connectivity index (χ4n) is 1.99. The van der Waals surface area contributed by atoms with Gasteiger partial charge in [-0.3, -0.25) is 4.79 Å². The van der Waals surface area contributed by atoms with E-state index in [0.29, 0.717) is 6.54 Å². The van der Waals surface area contributed by atoms with Crippen molar-refractivity contribution < 1.29 is 9.90 Å². The molecule has 1 aromatic carbocycles. The minimum Gasteiger partial charge on any atom is -0.481 e. The third-order valence-electron chi connectivity index (χ3n) is 2.76. The molecular weight excluding hydrogens is 178 g/mol. The summed E-state index contributed by atoms with van der Waals surface area (Å²) >= 11 is 0. The van der Waals surface area contributed by atoms with Gasteiger partial charge in [-0.15, -0.1) is 0 Å². The summed E-state index contributed by atoms with van der Waals surface area (Å²) < 4.78 is 0. The van der Waals surface area contributed by atoms with Gasteiger partial charge in [0.25, 0.3) is 0 Å². The zero-order chi connectivity index (χ0) is 9.97. The molecule has 0 saturated carbocycles. The summed E-state index contributed by atoms with van der Waals surface area (Å²) in [5.41, 5.74) is 1.12. The maximum absolute atomic E-state index is 10.9. The van der Waals surface area contributed by atoms with Crippen molar-refractivity contribution in [3.8, 4) is 0 Å². The maximum Gasteiger partial charge on any atom is 0.308 e. The number of benzene rings is 1. The average molecular weight is 191 g/mol. The van der Waals surface area contributed by atoms with Crippen LogP contribution in [-0.4, -0.2) is 24.2 Å². The summed E-state index contributed by atoms with van der Waals surface area (Å²) in [5.74, 6) is -0.866. The average Bonchev–Trinajstić information content (AvgIpc) is 2.67. The van der Waals surface area contributed by atoms with Crippen molar-refractivity contribution in [3.05, 3.63) is 35.9 Å². The Morgan fingerprint density at radius 3 is 2.64 bits per heavy atom. The van der Waals surface area contributed by atoms with E-state index in [1.54, 1.807) is 0 Å². The maximum atomic E-state index is 10.9. The number of hydrogen-bond donors (Lipinski definition) is 2. The van der Waals surface area contributed by atoms with E-state index in [1.165, 1.54) is 0 Å². The minimum absolute atomic E-state index is 0.119. The van der Waals surface area contributed by atoms with Crippen LogP contribution in [0.25, 0.3) is 0 Å². The van der Waals surface area contributed by atoms with Crippen molar-refractivity contribution in [1.29, 1.82) is 0 Å². The molecule has 0 spiro atoms. The lowest BCUT2D eigenvalue weighted by atomic mass is 9.89. The Kier molecular flexibility index (Phi) is 2.50. The first kappa shape index (κ1) is 9.21. The first-order valence-electron chi connectivity index (χ1n) is 4.77. The first-order chi connectivity index (χ1) is 6.79. The van der Waals surface area contributed by atoms with Gasteiger partial charge in [0, 0.05) is 19.0 Å². The van der Waals surface area contributed by atoms with Crippen LogP contribution < -0.4 is 5.32 Å². The first-order valence-corrected chi connectivity index (χ1v) is 4.77. The fraction of sp³-hybridized carbons (Fsp3) is 0.364. The lowest BCUT2D eigenvalue weighted by molar-refractivity contribution is -0.141. The molecule has 2 rings (SSSR count). The van der Waals surface area contributed by atoms with Gasteiger partial charge in [0.15, 0.2) is 0 Å². The van der Waals surface area contributed by atoms with Gasteiger partial charge in [-0.2, -0.15) is 0 Å². The summed E-state index contributed by atoms with van der Waals surface area (Å²) in [5, 5.41) is 12.1. The molecule has 1 saturated heterocycles. The van der Waals surface area contributed by atoms with Gasteiger partial charge in [0.2, 0.25) is 0 Å². The summed E-state index contributed by atoms with van der Waals surface area (Å²) in [4.78, 5) is 10.9. The molecule has 0 aliphatic carbocycles. The molecule has 1 aromatic rings.